The van der Waals surface area contributed by atoms with Crippen molar-refractivity contribution in [3.63, 3.8) is 0 Å². The van der Waals surface area contributed by atoms with Crippen molar-refractivity contribution in [2.75, 3.05) is 18.9 Å². The van der Waals surface area contributed by atoms with E-state index in [0.29, 0.717) is 11.3 Å². The van der Waals surface area contributed by atoms with Gasteiger partial charge in [-0.25, -0.2) is 8.42 Å². The fourth-order valence-corrected chi connectivity index (χ4v) is 3.04. The van der Waals surface area contributed by atoms with Crippen LogP contribution in [-0.4, -0.2) is 32.2 Å². The minimum atomic E-state index is -3.71. The summed E-state index contributed by atoms with van der Waals surface area (Å²) in [6.07, 6.45) is 0. The highest BCUT2D eigenvalue weighted by atomic mass is 32.2. The zero-order valence-electron chi connectivity index (χ0n) is 12.4. The van der Waals surface area contributed by atoms with Gasteiger partial charge in [0.1, 0.15) is 0 Å². The topological polar surface area (TPSA) is 90.3 Å². The van der Waals surface area contributed by atoms with E-state index in [1.165, 1.54) is 19.2 Å². The van der Waals surface area contributed by atoms with Crippen molar-refractivity contribution in [3.8, 4) is 6.07 Å². The molecule has 2 rings (SSSR count). The van der Waals surface area contributed by atoms with E-state index in [9.17, 15) is 13.2 Å². The molecule has 0 saturated carbocycles. The van der Waals surface area contributed by atoms with Gasteiger partial charge in [-0.1, -0.05) is 18.2 Å². The number of amides is 1. The third kappa shape index (κ3) is 4.16. The Kier molecular flexibility index (Phi) is 5.11. The first kappa shape index (κ1) is 16.7. The number of hydrogen-bond donors (Lipinski definition) is 1. The standard InChI is InChI=1S/C16H15N3O3S/c1-19(23(21,22)15-5-3-2-4-6-15)12-16(20)18-14-9-7-13(11-17)8-10-14/h2-10H,12H2,1H3,(H,18,20). The average Bonchev–Trinajstić information content (AvgIpc) is 2.56. The van der Waals surface area contributed by atoms with E-state index < -0.39 is 15.9 Å². The van der Waals surface area contributed by atoms with Crippen molar-refractivity contribution in [1.29, 1.82) is 5.26 Å². The van der Waals surface area contributed by atoms with E-state index in [-0.39, 0.29) is 11.4 Å². The third-order valence-electron chi connectivity index (χ3n) is 3.12. The molecule has 0 radical (unpaired) electrons. The minimum Gasteiger partial charge on any atom is -0.325 e. The van der Waals surface area contributed by atoms with Crippen LogP contribution in [0.1, 0.15) is 5.56 Å². The van der Waals surface area contributed by atoms with Crippen LogP contribution in [0.4, 0.5) is 5.69 Å². The van der Waals surface area contributed by atoms with Gasteiger partial charge in [-0.05, 0) is 36.4 Å². The van der Waals surface area contributed by atoms with Crippen LogP contribution < -0.4 is 5.32 Å². The lowest BCUT2D eigenvalue weighted by Crippen LogP contribution is -2.34. The Balaban J connectivity index is 2.03. The summed E-state index contributed by atoms with van der Waals surface area (Å²) in [4.78, 5) is 12.1. The van der Waals surface area contributed by atoms with Gasteiger partial charge in [0.2, 0.25) is 15.9 Å². The molecule has 0 saturated heterocycles. The summed E-state index contributed by atoms with van der Waals surface area (Å²) in [5, 5.41) is 11.3. The van der Waals surface area contributed by atoms with E-state index in [1.807, 2.05) is 6.07 Å². The number of carbonyl (C=O) groups excluding carboxylic acids is 1. The molecular weight excluding hydrogens is 314 g/mol. The SMILES string of the molecule is CN(CC(=O)Nc1ccc(C#N)cc1)S(=O)(=O)c1ccccc1. The lowest BCUT2D eigenvalue weighted by atomic mass is 10.2. The minimum absolute atomic E-state index is 0.133. The van der Waals surface area contributed by atoms with Crippen LogP contribution in [0, 0.1) is 11.3 Å². The van der Waals surface area contributed by atoms with Gasteiger partial charge in [-0.15, -0.1) is 0 Å². The van der Waals surface area contributed by atoms with E-state index in [1.54, 1.807) is 42.5 Å². The molecule has 1 amide bonds. The highest BCUT2D eigenvalue weighted by molar-refractivity contribution is 7.89. The van der Waals surface area contributed by atoms with Crippen LogP contribution in [0.3, 0.4) is 0 Å². The Hall–Kier alpha value is -2.69. The quantitative estimate of drug-likeness (QED) is 0.906. The van der Waals surface area contributed by atoms with Crippen molar-refractivity contribution in [2.24, 2.45) is 0 Å². The predicted molar refractivity (Wildman–Crippen MR) is 86.0 cm³/mol. The average molecular weight is 329 g/mol. The molecule has 118 valence electrons. The second-order valence-electron chi connectivity index (χ2n) is 4.81. The summed E-state index contributed by atoms with van der Waals surface area (Å²) in [5.41, 5.74) is 0.978. The van der Waals surface area contributed by atoms with Crippen molar-refractivity contribution in [2.45, 2.75) is 4.90 Å². The monoisotopic (exact) mass is 329 g/mol. The van der Waals surface area contributed by atoms with Gasteiger partial charge in [0.15, 0.2) is 0 Å². The molecule has 0 unspecified atom stereocenters. The van der Waals surface area contributed by atoms with Crippen molar-refractivity contribution >= 4 is 21.6 Å². The van der Waals surface area contributed by atoms with Gasteiger partial charge in [-0.2, -0.15) is 9.57 Å². The highest BCUT2D eigenvalue weighted by Crippen LogP contribution is 2.14. The predicted octanol–water partition coefficient (Wildman–Crippen LogP) is 1.82. The number of anilines is 1. The largest absolute Gasteiger partial charge is 0.325 e. The fourth-order valence-electron chi connectivity index (χ4n) is 1.89. The van der Waals surface area contributed by atoms with Crippen LogP contribution in [0.15, 0.2) is 59.5 Å². The number of hydrogen-bond acceptors (Lipinski definition) is 4. The van der Waals surface area contributed by atoms with Crippen molar-refractivity contribution in [1.82, 2.24) is 4.31 Å². The molecule has 1 N–H and O–H groups in total. The number of likely N-dealkylation sites (N-methyl/N-ethyl adjacent to an activating group) is 1. The fraction of sp³-hybridized carbons (Fsp3) is 0.125. The summed E-state index contributed by atoms with van der Waals surface area (Å²) in [6, 6.07) is 16.2. The molecule has 0 aliphatic heterocycles. The van der Waals surface area contributed by atoms with E-state index in [0.717, 1.165) is 4.31 Å². The molecule has 0 aromatic heterocycles. The lowest BCUT2D eigenvalue weighted by molar-refractivity contribution is -0.116. The maximum Gasteiger partial charge on any atom is 0.243 e. The van der Waals surface area contributed by atoms with E-state index >= 15 is 0 Å². The smallest absolute Gasteiger partial charge is 0.243 e. The number of carbonyl (C=O) groups is 1. The Morgan fingerprint density at radius 3 is 2.30 bits per heavy atom. The number of nitrogens with one attached hydrogen (secondary N) is 1. The molecule has 7 heteroatoms. The molecule has 0 atom stereocenters. The number of benzene rings is 2. The van der Waals surface area contributed by atoms with Crippen molar-refractivity contribution < 1.29 is 13.2 Å². The van der Waals surface area contributed by atoms with Gasteiger partial charge in [0.05, 0.1) is 23.1 Å². The molecule has 0 heterocycles. The molecule has 23 heavy (non-hydrogen) atoms. The van der Waals surface area contributed by atoms with Gasteiger partial charge < -0.3 is 5.32 Å². The Labute approximate surface area is 135 Å². The molecule has 0 fully saturated rings. The summed E-state index contributed by atoms with van der Waals surface area (Å²) in [7, 11) is -2.36. The first-order valence-electron chi connectivity index (χ1n) is 6.75. The molecular formula is C16H15N3O3S. The van der Waals surface area contributed by atoms with Crippen molar-refractivity contribution in [3.05, 3.63) is 60.2 Å². The molecule has 0 spiro atoms. The van der Waals surface area contributed by atoms with Crippen LogP contribution in [0.2, 0.25) is 0 Å². The number of rotatable bonds is 5. The molecule has 0 aliphatic carbocycles. The normalized spacial score (nSPS) is 11.0. The van der Waals surface area contributed by atoms with Gasteiger partial charge in [-0.3, -0.25) is 4.79 Å². The molecule has 0 bridgehead atoms. The number of nitriles is 1. The second-order valence-corrected chi connectivity index (χ2v) is 6.86. The Morgan fingerprint density at radius 1 is 1.13 bits per heavy atom. The molecule has 0 aliphatic rings. The van der Waals surface area contributed by atoms with Crippen LogP contribution in [0.5, 0.6) is 0 Å². The van der Waals surface area contributed by atoms with Crippen LogP contribution in [0.25, 0.3) is 0 Å². The zero-order valence-corrected chi connectivity index (χ0v) is 13.2. The summed E-state index contributed by atoms with van der Waals surface area (Å²) >= 11 is 0. The first-order chi connectivity index (χ1) is 10.9. The van der Waals surface area contributed by atoms with E-state index in [4.69, 9.17) is 5.26 Å². The second kappa shape index (κ2) is 7.05. The van der Waals surface area contributed by atoms with Gasteiger partial charge in [0.25, 0.3) is 0 Å². The zero-order chi connectivity index (χ0) is 16.9. The van der Waals surface area contributed by atoms with Crippen LogP contribution in [-0.2, 0) is 14.8 Å². The highest BCUT2D eigenvalue weighted by Gasteiger charge is 2.22. The lowest BCUT2D eigenvalue weighted by Gasteiger charge is -2.16. The van der Waals surface area contributed by atoms with E-state index in [2.05, 4.69) is 5.32 Å². The summed E-state index contributed by atoms with van der Waals surface area (Å²) in [6.45, 7) is -0.308. The maximum absolute atomic E-state index is 12.3. The molecule has 2 aromatic rings. The summed E-state index contributed by atoms with van der Waals surface area (Å²) < 4.78 is 25.6. The van der Waals surface area contributed by atoms with Gasteiger partial charge >= 0.3 is 0 Å². The third-order valence-corrected chi connectivity index (χ3v) is 4.93. The summed E-state index contributed by atoms with van der Waals surface area (Å²) in [5.74, 6) is -0.461. The molecule has 2 aromatic carbocycles. The van der Waals surface area contributed by atoms with Gasteiger partial charge in [0, 0.05) is 12.7 Å². The van der Waals surface area contributed by atoms with Crippen LogP contribution >= 0.6 is 0 Å². The Bertz CT molecular complexity index is 825. The Morgan fingerprint density at radius 2 is 1.74 bits per heavy atom. The number of nitrogens with zero attached hydrogens (tertiary/aromatic N) is 2. The molecule has 6 nitrogen and oxygen atoms in total. The maximum atomic E-state index is 12.3. The first-order valence-corrected chi connectivity index (χ1v) is 8.19. The number of sulfonamides is 1.